The van der Waals surface area contributed by atoms with E-state index in [0.29, 0.717) is 11.8 Å². The molecule has 0 radical (unpaired) electrons. The first kappa shape index (κ1) is 21.6. The van der Waals surface area contributed by atoms with Crippen molar-refractivity contribution in [2.24, 2.45) is 0 Å². The molecule has 2 atom stereocenters. The van der Waals surface area contributed by atoms with Gasteiger partial charge in [0.2, 0.25) is 5.69 Å². The average molecular weight is 411 g/mol. The first-order valence-corrected chi connectivity index (χ1v) is 11.7. The van der Waals surface area contributed by atoms with Crippen molar-refractivity contribution in [2.75, 3.05) is 0 Å². The van der Waals surface area contributed by atoms with Crippen molar-refractivity contribution in [3.63, 3.8) is 0 Å². The Bertz CT molecular complexity index is 1050. The van der Waals surface area contributed by atoms with Gasteiger partial charge in [-0.15, -0.1) is 0 Å². The van der Waals surface area contributed by atoms with E-state index in [1.54, 1.807) is 0 Å². The van der Waals surface area contributed by atoms with Crippen LogP contribution in [0, 0.1) is 0 Å². The zero-order valence-corrected chi connectivity index (χ0v) is 19.9. The molecular weight excluding hydrogens is 374 g/mol. The van der Waals surface area contributed by atoms with Crippen molar-refractivity contribution in [3.05, 3.63) is 101 Å². The Labute approximate surface area is 188 Å². The van der Waals surface area contributed by atoms with E-state index in [-0.39, 0.29) is 11.0 Å². The van der Waals surface area contributed by atoms with Gasteiger partial charge in [0.05, 0.1) is 5.41 Å². The molecule has 3 aromatic carbocycles. The largest absolute Gasteiger partial charge is 0.212 e. The van der Waals surface area contributed by atoms with Crippen molar-refractivity contribution >= 4 is 11.9 Å². The molecule has 4 rings (SSSR count). The number of nitrogens with zero attached hydrogens (tertiary/aromatic N) is 1. The van der Waals surface area contributed by atoms with Crippen LogP contribution in [0.15, 0.2) is 78.9 Å². The summed E-state index contributed by atoms with van der Waals surface area (Å²) in [6.07, 6.45) is 3.56. The van der Waals surface area contributed by atoms with E-state index < -0.39 is 0 Å². The Balaban J connectivity index is 2.02. The third-order valence-electron chi connectivity index (χ3n) is 7.07. The van der Waals surface area contributed by atoms with E-state index in [1.165, 1.54) is 27.9 Å². The number of hydrogen-bond donors (Lipinski definition) is 0. The summed E-state index contributed by atoms with van der Waals surface area (Å²) in [6, 6.07) is 28.9. The number of hydrogen-bond acceptors (Lipinski definition) is 0. The van der Waals surface area contributed by atoms with Crippen molar-refractivity contribution in [3.8, 4) is 0 Å². The Kier molecular flexibility index (Phi) is 5.64. The van der Waals surface area contributed by atoms with Gasteiger partial charge in [-0.25, -0.2) is 0 Å². The monoisotopic (exact) mass is 410 g/mol. The third kappa shape index (κ3) is 3.76. The fourth-order valence-corrected chi connectivity index (χ4v) is 5.41. The van der Waals surface area contributed by atoms with Gasteiger partial charge in [0.25, 0.3) is 0 Å². The van der Waals surface area contributed by atoms with E-state index >= 15 is 0 Å². The average Bonchev–Trinajstić information content (AvgIpc) is 3.07. The van der Waals surface area contributed by atoms with Crippen LogP contribution >= 0.6 is 0 Å². The van der Waals surface area contributed by atoms with Crippen molar-refractivity contribution < 1.29 is 4.58 Å². The lowest BCUT2D eigenvalue weighted by Crippen LogP contribution is -2.32. The molecule has 0 bridgehead atoms. The van der Waals surface area contributed by atoms with Crippen LogP contribution in [0.3, 0.4) is 0 Å². The first-order chi connectivity index (χ1) is 14.8. The molecule has 0 spiro atoms. The van der Waals surface area contributed by atoms with Crippen LogP contribution in [0.2, 0.25) is 0 Å². The van der Waals surface area contributed by atoms with Crippen LogP contribution in [0.4, 0.5) is 5.69 Å². The Hall–Kier alpha value is -2.67. The second-order valence-corrected chi connectivity index (χ2v) is 10.2. The minimum Gasteiger partial charge on any atom is -0.192 e. The highest BCUT2D eigenvalue weighted by Gasteiger charge is 2.54. The van der Waals surface area contributed by atoms with E-state index in [2.05, 4.69) is 131 Å². The zero-order chi connectivity index (χ0) is 22.2. The van der Waals surface area contributed by atoms with Crippen LogP contribution in [-0.4, -0.2) is 10.8 Å². The van der Waals surface area contributed by atoms with Gasteiger partial charge in [-0.3, -0.25) is 0 Å². The molecule has 0 saturated heterocycles. The lowest BCUT2D eigenvalue weighted by molar-refractivity contribution is -0.527. The van der Waals surface area contributed by atoms with Gasteiger partial charge in [0.15, 0.2) is 11.8 Å². The predicted molar refractivity (Wildman–Crippen MR) is 133 cm³/mol. The van der Waals surface area contributed by atoms with Crippen LogP contribution in [0.1, 0.15) is 82.1 Å². The number of rotatable bonds is 5. The van der Waals surface area contributed by atoms with Gasteiger partial charge in [0.1, 0.15) is 0 Å². The fourth-order valence-electron chi connectivity index (χ4n) is 5.41. The van der Waals surface area contributed by atoms with Crippen molar-refractivity contribution in [1.82, 2.24) is 0 Å². The van der Waals surface area contributed by atoms with E-state index in [1.807, 2.05) is 0 Å². The molecule has 0 saturated carbocycles. The topological polar surface area (TPSA) is 3.01 Å². The summed E-state index contributed by atoms with van der Waals surface area (Å²) in [7, 11) is 0. The van der Waals surface area contributed by atoms with Crippen molar-refractivity contribution in [2.45, 2.75) is 70.8 Å². The maximum Gasteiger partial charge on any atom is 0.212 e. The Morgan fingerprint density at radius 3 is 1.61 bits per heavy atom. The number of benzene rings is 3. The van der Waals surface area contributed by atoms with Crippen molar-refractivity contribution in [1.29, 1.82) is 0 Å². The molecule has 1 heterocycles. The molecule has 1 aliphatic heterocycles. The molecule has 1 aliphatic rings. The van der Waals surface area contributed by atoms with Gasteiger partial charge in [0, 0.05) is 30.0 Å². The highest BCUT2D eigenvalue weighted by Crippen LogP contribution is 2.49. The van der Waals surface area contributed by atoms with E-state index in [0.717, 1.165) is 6.42 Å². The van der Waals surface area contributed by atoms with Gasteiger partial charge in [-0.05, 0) is 24.3 Å². The molecule has 0 amide bonds. The summed E-state index contributed by atoms with van der Waals surface area (Å²) in [5, 5.41) is 0. The van der Waals surface area contributed by atoms with Crippen LogP contribution in [0.5, 0.6) is 0 Å². The first-order valence-electron chi connectivity index (χ1n) is 11.7. The van der Waals surface area contributed by atoms with Gasteiger partial charge < -0.3 is 0 Å². The summed E-state index contributed by atoms with van der Waals surface area (Å²) in [6.45, 7) is 14.1. The molecule has 0 aromatic heterocycles. The quantitative estimate of drug-likeness (QED) is 0.376. The predicted octanol–water partition coefficient (Wildman–Crippen LogP) is 7.93. The van der Waals surface area contributed by atoms with Crippen LogP contribution in [-0.2, 0) is 11.0 Å². The Morgan fingerprint density at radius 2 is 1.13 bits per heavy atom. The molecule has 160 valence electrons. The summed E-state index contributed by atoms with van der Waals surface area (Å²) >= 11 is 0. The smallest absolute Gasteiger partial charge is 0.192 e. The molecule has 0 fully saturated rings. The zero-order valence-electron chi connectivity index (χ0n) is 19.9. The molecule has 0 unspecified atom stereocenters. The SMILES string of the molecule is CC(C)c1cccc(C(C)C)c1[N+]1=C[C@@](C)(c2ccccc2)C[C@]1(C)c1ccccc1. The normalized spacial score (nSPS) is 23.4. The standard InChI is InChI=1S/C30H36N/c1-22(2)26-18-13-19-27(23(3)4)28(26)31-21-29(5,24-14-9-7-10-15-24)20-30(31,6)25-16-11-8-12-17-25/h7-19,21-23H,20H2,1-6H3/q+1/t29-,30+/m0/s1. The highest BCUT2D eigenvalue weighted by atomic mass is 15.1. The molecular formula is C30H36N+. The second kappa shape index (κ2) is 8.11. The minimum absolute atomic E-state index is 0.0375. The highest BCUT2D eigenvalue weighted by molar-refractivity contribution is 5.74. The summed E-state index contributed by atoms with van der Waals surface area (Å²) in [4.78, 5) is 0. The summed E-state index contributed by atoms with van der Waals surface area (Å²) < 4.78 is 2.62. The fraction of sp³-hybridized carbons (Fsp3) is 0.367. The number of para-hydroxylation sites is 1. The maximum absolute atomic E-state index is 2.62. The second-order valence-electron chi connectivity index (χ2n) is 10.2. The lowest BCUT2D eigenvalue weighted by atomic mass is 9.74. The minimum atomic E-state index is -0.125. The Morgan fingerprint density at radius 1 is 0.645 bits per heavy atom. The molecule has 0 aliphatic carbocycles. The van der Waals surface area contributed by atoms with Crippen LogP contribution < -0.4 is 0 Å². The van der Waals surface area contributed by atoms with Gasteiger partial charge >= 0.3 is 0 Å². The third-order valence-corrected chi connectivity index (χ3v) is 7.07. The molecule has 31 heavy (non-hydrogen) atoms. The van der Waals surface area contributed by atoms with Gasteiger partial charge in [-0.1, -0.05) is 107 Å². The van der Waals surface area contributed by atoms with Crippen LogP contribution in [0.25, 0.3) is 0 Å². The molecule has 1 nitrogen and oxygen atoms in total. The molecule has 1 heteroatoms. The molecule has 0 N–H and O–H groups in total. The summed E-state index contributed by atoms with van der Waals surface area (Å²) in [5.74, 6) is 0.927. The lowest BCUT2D eigenvalue weighted by Gasteiger charge is -2.28. The van der Waals surface area contributed by atoms with E-state index in [4.69, 9.17) is 0 Å². The molecule has 3 aromatic rings. The van der Waals surface area contributed by atoms with E-state index in [9.17, 15) is 0 Å². The maximum atomic E-state index is 2.62. The van der Waals surface area contributed by atoms with Gasteiger partial charge in [-0.2, -0.15) is 4.58 Å². The summed E-state index contributed by atoms with van der Waals surface area (Å²) in [5.41, 5.74) is 6.86.